The highest BCUT2D eigenvalue weighted by Crippen LogP contribution is 2.35. The summed E-state index contributed by atoms with van der Waals surface area (Å²) in [5, 5.41) is 0. The number of nitrogens with zero attached hydrogens (tertiary/aromatic N) is 1. The molecule has 0 saturated carbocycles. The van der Waals surface area contributed by atoms with Crippen molar-refractivity contribution < 1.29 is 8.95 Å². The maximum Gasteiger partial charge on any atom is 0.118 e. The van der Waals surface area contributed by atoms with E-state index in [0.29, 0.717) is 0 Å². The van der Waals surface area contributed by atoms with Gasteiger partial charge in [0.05, 0.1) is 40.6 Å². The molecule has 0 saturated heterocycles. The van der Waals surface area contributed by atoms with Crippen molar-refractivity contribution in [3.8, 4) is 5.75 Å². The van der Waals surface area contributed by atoms with Crippen molar-refractivity contribution in [1.29, 1.82) is 0 Å². The summed E-state index contributed by atoms with van der Waals surface area (Å²) in [6.07, 6.45) is 0. The van der Waals surface area contributed by atoms with Crippen molar-refractivity contribution in [3.05, 3.63) is 138 Å². The molecule has 1 N–H and O–H groups in total. The number of hydrogen-bond acceptors (Lipinski definition) is 3. The lowest BCUT2D eigenvalue weighted by molar-refractivity contribution is 0.414. The fourth-order valence-corrected chi connectivity index (χ4v) is 4.91. The molecule has 37 heavy (non-hydrogen) atoms. The molecule has 0 unspecified atom stereocenters. The van der Waals surface area contributed by atoms with Crippen LogP contribution in [0.15, 0.2) is 120 Å². The lowest BCUT2D eigenvalue weighted by atomic mass is 9.93. The highest BCUT2D eigenvalue weighted by molar-refractivity contribution is 7.84. The van der Waals surface area contributed by atoms with Gasteiger partial charge in [-0.3, -0.25) is 4.99 Å². The number of aliphatic imine (C=N–C) groups is 1. The van der Waals surface area contributed by atoms with Crippen molar-refractivity contribution in [2.45, 2.75) is 37.6 Å². The van der Waals surface area contributed by atoms with E-state index in [1.54, 1.807) is 7.11 Å². The summed E-state index contributed by atoms with van der Waals surface area (Å²) in [6, 6.07) is 37.9. The Labute approximate surface area is 223 Å². The van der Waals surface area contributed by atoms with Gasteiger partial charge in [-0.15, -0.1) is 0 Å². The maximum absolute atomic E-state index is 13.5. The third kappa shape index (κ3) is 6.82. The van der Waals surface area contributed by atoms with Gasteiger partial charge in [-0.05, 0) is 44.0 Å². The summed E-state index contributed by atoms with van der Waals surface area (Å²) in [5.74, 6) is 0.772. The lowest BCUT2D eigenvalue weighted by Crippen LogP contribution is -2.38. The van der Waals surface area contributed by atoms with E-state index in [4.69, 9.17) is 9.73 Å². The molecule has 0 amide bonds. The van der Waals surface area contributed by atoms with Crippen molar-refractivity contribution in [3.63, 3.8) is 0 Å². The van der Waals surface area contributed by atoms with Gasteiger partial charge in [-0.25, -0.2) is 8.93 Å². The maximum atomic E-state index is 13.5. The van der Waals surface area contributed by atoms with Gasteiger partial charge < -0.3 is 4.74 Å². The third-order valence-corrected chi connectivity index (χ3v) is 7.66. The number of rotatable bonds is 9. The van der Waals surface area contributed by atoms with Crippen molar-refractivity contribution in [1.82, 2.24) is 4.72 Å². The second-order valence-electron chi connectivity index (χ2n) is 9.82. The lowest BCUT2D eigenvalue weighted by Gasteiger charge is -2.30. The van der Waals surface area contributed by atoms with Crippen LogP contribution in [0.25, 0.3) is 0 Å². The molecule has 0 fully saturated rings. The Hall–Kier alpha value is -3.54. The monoisotopic (exact) mass is 510 g/mol. The van der Waals surface area contributed by atoms with E-state index in [2.05, 4.69) is 41.1 Å². The van der Waals surface area contributed by atoms with Crippen LogP contribution in [0.3, 0.4) is 0 Å². The van der Waals surface area contributed by atoms with Crippen LogP contribution in [0.1, 0.15) is 55.1 Å². The first kappa shape index (κ1) is 26.5. The number of methoxy groups -OCH3 is 1. The van der Waals surface area contributed by atoms with Gasteiger partial charge in [-0.2, -0.15) is 0 Å². The number of nitrogens with one attached hydrogen (secondary N) is 1. The minimum Gasteiger partial charge on any atom is -0.497 e. The summed E-state index contributed by atoms with van der Waals surface area (Å²) >= 11 is 0. The molecule has 4 aromatic rings. The Bertz CT molecular complexity index is 1270. The smallest absolute Gasteiger partial charge is 0.118 e. The first-order valence-corrected chi connectivity index (χ1v) is 13.6. The molecule has 0 bridgehead atoms. The second-order valence-corrected chi connectivity index (χ2v) is 11.8. The van der Waals surface area contributed by atoms with Gasteiger partial charge >= 0.3 is 0 Å². The fourth-order valence-electron chi connectivity index (χ4n) is 4.06. The van der Waals surface area contributed by atoms with E-state index in [1.807, 2.05) is 99.6 Å². The zero-order chi connectivity index (χ0) is 26.3. The zero-order valence-corrected chi connectivity index (χ0v) is 22.6. The SMILES string of the molecule is COc1ccc([C@@H](N[S@](=O)C(C)(C)C)[C@@H](N=C(c2ccccc2)c2ccccc2)c2ccccc2)cc1. The molecule has 4 aromatic carbocycles. The van der Waals surface area contributed by atoms with Crippen LogP contribution in [0.2, 0.25) is 0 Å². The van der Waals surface area contributed by atoms with E-state index in [-0.39, 0.29) is 12.1 Å². The van der Waals surface area contributed by atoms with Crippen LogP contribution in [-0.2, 0) is 11.0 Å². The number of benzene rings is 4. The first-order valence-electron chi connectivity index (χ1n) is 12.4. The van der Waals surface area contributed by atoms with Crippen LogP contribution >= 0.6 is 0 Å². The van der Waals surface area contributed by atoms with E-state index in [1.165, 1.54) is 0 Å². The molecule has 190 valence electrons. The van der Waals surface area contributed by atoms with Gasteiger partial charge in [-0.1, -0.05) is 103 Å². The van der Waals surface area contributed by atoms with Crippen molar-refractivity contribution in [2.24, 2.45) is 4.99 Å². The summed E-state index contributed by atoms with van der Waals surface area (Å²) in [6.45, 7) is 5.92. The van der Waals surface area contributed by atoms with E-state index < -0.39 is 15.7 Å². The van der Waals surface area contributed by atoms with E-state index >= 15 is 0 Å². The normalized spacial score (nSPS) is 13.8. The topological polar surface area (TPSA) is 50.7 Å². The minimum absolute atomic E-state index is 0.351. The van der Waals surface area contributed by atoms with Gasteiger partial charge in [0.25, 0.3) is 0 Å². The number of hydrogen-bond donors (Lipinski definition) is 1. The molecule has 0 aliphatic heterocycles. The van der Waals surface area contributed by atoms with Gasteiger partial charge in [0.1, 0.15) is 5.75 Å². The van der Waals surface area contributed by atoms with E-state index in [0.717, 1.165) is 33.7 Å². The number of ether oxygens (including phenoxy) is 1. The highest BCUT2D eigenvalue weighted by Gasteiger charge is 2.31. The Kier molecular flexibility index (Phi) is 8.70. The Morgan fingerprint density at radius 3 is 1.68 bits per heavy atom. The summed E-state index contributed by atoms with van der Waals surface area (Å²) in [5.41, 5.74) is 4.96. The van der Waals surface area contributed by atoms with Gasteiger partial charge in [0, 0.05) is 11.1 Å². The molecule has 0 radical (unpaired) electrons. The molecule has 0 aliphatic rings. The molecule has 3 atom stereocenters. The Morgan fingerprint density at radius 1 is 0.730 bits per heavy atom. The summed E-state index contributed by atoms with van der Waals surface area (Å²) in [7, 11) is 0.332. The molecule has 0 aromatic heterocycles. The highest BCUT2D eigenvalue weighted by atomic mass is 32.2. The molecular weight excluding hydrogens is 476 g/mol. The molecule has 4 nitrogen and oxygen atoms in total. The predicted octanol–water partition coefficient (Wildman–Crippen LogP) is 7.07. The van der Waals surface area contributed by atoms with Gasteiger partial charge in [0.15, 0.2) is 0 Å². The van der Waals surface area contributed by atoms with E-state index in [9.17, 15) is 4.21 Å². The van der Waals surface area contributed by atoms with Crippen molar-refractivity contribution >= 4 is 16.7 Å². The van der Waals surface area contributed by atoms with Crippen LogP contribution in [0.5, 0.6) is 5.75 Å². The van der Waals surface area contributed by atoms with Crippen LogP contribution in [0, 0.1) is 0 Å². The average Bonchev–Trinajstić information content (AvgIpc) is 2.93. The largest absolute Gasteiger partial charge is 0.497 e. The predicted molar refractivity (Wildman–Crippen MR) is 154 cm³/mol. The van der Waals surface area contributed by atoms with Crippen LogP contribution in [-0.4, -0.2) is 21.8 Å². The van der Waals surface area contributed by atoms with Crippen LogP contribution < -0.4 is 9.46 Å². The zero-order valence-electron chi connectivity index (χ0n) is 21.8. The second kappa shape index (κ2) is 12.1. The van der Waals surface area contributed by atoms with Crippen molar-refractivity contribution in [2.75, 3.05) is 7.11 Å². The molecule has 4 rings (SSSR count). The third-order valence-electron chi connectivity index (χ3n) is 6.08. The van der Waals surface area contributed by atoms with Crippen LogP contribution in [0.4, 0.5) is 0 Å². The molecule has 5 heteroatoms. The average molecular weight is 511 g/mol. The Morgan fingerprint density at radius 2 is 1.22 bits per heavy atom. The quantitative estimate of drug-likeness (QED) is 0.245. The molecule has 0 aliphatic carbocycles. The van der Waals surface area contributed by atoms with Gasteiger partial charge in [0.2, 0.25) is 0 Å². The fraction of sp³-hybridized carbons (Fsp3) is 0.219. The minimum atomic E-state index is -1.32. The molecule has 0 heterocycles. The first-order chi connectivity index (χ1) is 17.9. The Balaban J connectivity index is 1.93. The summed E-state index contributed by atoms with van der Waals surface area (Å²) < 4.78 is 21.9. The molecule has 0 spiro atoms. The molecular formula is C32H34N2O2S. The standard InChI is InChI=1S/C32H34N2O2S/c1-32(2,3)37(35)34-31(27-20-22-28(36-4)23-21-27)30(26-18-12-7-13-19-26)33-29(24-14-8-5-9-15-24)25-16-10-6-11-17-25/h5-23,30-31,34H,1-4H3/t30-,31+,37+/m0/s1. The summed E-state index contributed by atoms with van der Waals surface area (Å²) in [4.78, 5) is 5.43.